The van der Waals surface area contributed by atoms with Gasteiger partial charge in [-0.3, -0.25) is 0 Å². The van der Waals surface area contributed by atoms with Crippen LogP contribution in [0.1, 0.15) is 5.56 Å². The molecule has 0 unspecified atom stereocenters. The Labute approximate surface area is 93.6 Å². The van der Waals surface area contributed by atoms with E-state index in [0.717, 1.165) is 13.3 Å². The molecule has 0 bridgehead atoms. The average Bonchev–Trinajstić information content (AvgIpc) is 2.16. The summed E-state index contributed by atoms with van der Waals surface area (Å²) in [5.41, 5.74) is -0.231. The van der Waals surface area contributed by atoms with Crippen molar-refractivity contribution in [2.24, 2.45) is 0 Å². The standard InChI is InChI=1S/C8H7ClF3NO3/c1-15-7-6(16-8(10,11)12)4(2-9)5(14)3-13-7/h3,14H,2H2,1H3. The molecule has 0 spiro atoms. The first-order valence-corrected chi connectivity index (χ1v) is 4.49. The Hall–Kier alpha value is -1.37. The van der Waals surface area contributed by atoms with E-state index in [9.17, 15) is 18.3 Å². The predicted molar refractivity (Wildman–Crippen MR) is 48.7 cm³/mol. The van der Waals surface area contributed by atoms with Gasteiger partial charge in [0.1, 0.15) is 5.75 Å². The van der Waals surface area contributed by atoms with E-state index in [4.69, 9.17) is 11.6 Å². The molecule has 1 aromatic rings. The maximum Gasteiger partial charge on any atom is 0.573 e. The second kappa shape index (κ2) is 4.65. The largest absolute Gasteiger partial charge is 0.573 e. The van der Waals surface area contributed by atoms with Gasteiger partial charge in [-0.15, -0.1) is 24.8 Å². The van der Waals surface area contributed by atoms with Crippen molar-refractivity contribution < 1.29 is 27.8 Å². The van der Waals surface area contributed by atoms with Gasteiger partial charge >= 0.3 is 6.36 Å². The molecule has 0 saturated carbocycles. The summed E-state index contributed by atoms with van der Waals surface area (Å²) in [5, 5.41) is 9.26. The molecule has 0 aliphatic carbocycles. The van der Waals surface area contributed by atoms with Crippen molar-refractivity contribution in [2.45, 2.75) is 12.2 Å². The molecule has 90 valence electrons. The number of methoxy groups -OCH3 is 1. The molecule has 4 nitrogen and oxygen atoms in total. The molecular weight excluding hydrogens is 251 g/mol. The highest BCUT2D eigenvalue weighted by molar-refractivity contribution is 6.17. The van der Waals surface area contributed by atoms with Gasteiger partial charge in [-0.1, -0.05) is 0 Å². The first-order valence-electron chi connectivity index (χ1n) is 3.95. The van der Waals surface area contributed by atoms with Crippen LogP contribution in [0.2, 0.25) is 0 Å². The molecule has 0 aromatic carbocycles. The number of rotatable bonds is 3. The second-order valence-corrected chi connectivity index (χ2v) is 2.91. The molecule has 0 radical (unpaired) electrons. The van der Waals surface area contributed by atoms with Crippen LogP contribution in [0.5, 0.6) is 17.4 Å². The molecule has 1 rings (SSSR count). The Morgan fingerprint density at radius 3 is 2.56 bits per heavy atom. The minimum Gasteiger partial charge on any atom is -0.506 e. The van der Waals surface area contributed by atoms with Crippen LogP contribution < -0.4 is 9.47 Å². The average molecular weight is 258 g/mol. The van der Waals surface area contributed by atoms with Gasteiger partial charge in [0, 0.05) is 0 Å². The van der Waals surface area contributed by atoms with E-state index >= 15 is 0 Å². The summed E-state index contributed by atoms with van der Waals surface area (Å²) in [6.07, 6.45) is -3.98. The summed E-state index contributed by atoms with van der Waals surface area (Å²) in [6.45, 7) is 0. The molecule has 0 saturated heterocycles. The molecule has 8 heteroatoms. The van der Waals surface area contributed by atoms with E-state index in [0.29, 0.717) is 0 Å². The van der Waals surface area contributed by atoms with E-state index in [1.807, 2.05) is 0 Å². The van der Waals surface area contributed by atoms with Crippen molar-refractivity contribution in [1.82, 2.24) is 4.98 Å². The minimum absolute atomic E-state index is 0.231. The summed E-state index contributed by atoms with van der Waals surface area (Å²) in [5.74, 6) is -1.98. The van der Waals surface area contributed by atoms with Crippen LogP contribution in [0.25, 0.3) is 0 Å². The number of halogens is 4. The smallest absolute Gasteiger partial charge is 0.506 e. The Balaban J connectivity index is 3.25. The van der Waals surface area contributed by atoms with E-state index < -0.39 is 23.7 Å². The molecule has 1 N–H and O–H groups in total. The van der Waals surface area contributed by atoms with Gasteiger partial charge in [-0.2, -0.15) is 0 Å². The molecule has 16 heavy (non-hydrogen) atoms. The summed E-state index contributed by atoms with van der Waals surface area (Å²) in [6, 6.07) is 0. The van der Waals surface area contributed by atoms with E-state index in [-0.39, 0.29) is 11.4 Å². The first kappa shape index (κ1) is 12.7. The van der Waals surface area contributed by atoms with Gasteiger partial charge in [0.15, 0.2) is 5.75 Å². The van der Waals surface area contributed by atoms with Gasteiger partial charge < -0.3 is 14.6 Å². The predicted octanol–water partition coefficient (Wildman–Crippen LogP) is 2.43. The minimum atomic E-state index is -4.91. The molecule has 1 aromatic heterocycles. The van der Waals surface area contributed by atoms with Crippen molar-refractivity contribution >= 4 is 11.6 Å². The number of hydrogen-bond donors (Lipinski definition) is 1. The number of hydrogen-bond acceptors (Lipinski definition) is 4. The van der Waals surface area contributed by atoms with Crippen molar-refractivity contribution in [1.29, 1.82) is 0 Å². The number of aromatic nitrogens is 1. The van der Waals surface area contributed by atoms with Crippen molar-refractivity contribution in [3.8, 4) is 17.4 Å². The highest BCUT2D eigenvalue weighted by atomic mass is 35.5. The lowest BCUT2D eigenvalue weighted by Crippen LogP contribution is -2.19. The van der Waals surface area contributed by atoms with Crippen LogP contribution in [0, 0.1) is 0 Å². The van der Waals surface area contributed by atoms with Gasteiger partial charge in [0.05, 0.1) is 24.8 Å². The van der Waals surface area contributed by atoms with Crippen LogP contribution in [-0.4, -0.2) is 23.6 Å². The van der Waals surface area contributed by atoms with Crippen molar-refractivity contribution in [2.75, 3.05) is 7.11 Å². The van der Waals surface area contributed by atoms with E-state index in [1.54, 1.807) is 0 Å². The summed E-state index contributed by atoms with van der Waals surface area (Å²) < 4.78 is 44.5. The first-order chi connectivity index (χ1) is 7.39. The molecule has 1 heterocycles. The number of pyridine rings is 1. The fourth-order valence-electron chi connectivity index (χ4n) is 0.997. The maximum absolute atomic E-state index is 12.1. The second-order valence-electron chi connectivity index (χ2n) is 2.64. The third kappa shape index (κ3) is 2.82. The SMILES string of the molecule is COc1ncc(O)c(CCl)c1OC(F)(F)F. The van der Waals surface area contributed by atoms with Gasteiger partial charge in [0.2, 0.25) is 0 Å². The number of alkyl halides is 4. The monoisotopic (exact) mass is 257 g/mol. The van der Waals surface area contributed by atoms with Crippen LogP contribution in [-0.2, 0) is 5.88 Å². The summed E-state index contributed by atoms with van der Waals surface area (Å²) >= 11 is 5.40. The molecule has 0 aliphatic heterocycles. The zero-order valence-corrected chi connectivity index (χ0v) is 8.76. The quantitative estimate of drug-likeness (QED) is 0.845. The zero-order chi connectivity index (χ0) is 12.3. The van der Waals surface area contributed by atoms with Crippen molar-refractivity contribution in [3.63, 3.8) is 0 Å². The lowest BCUT2D eigenvalue weighted by molar-refractivity contribution is -0.275. The Morgan fingerprint density at radius 2 is 2.12 bits per heavy atom. The molecule has 0 amide bonds. The zero-order valence-electron chi connectivity index (χ0n) is 8.01. The van der Waals surface area contributed by atoms with Gasteiger partial charge in [-0.05, 0) is 0 Å². The van der Waals surface area contributed by atoms with Gasteiger partial charge in [-0.25, -0.2) is 4.98 Å². The Bertz CT molecular complexity index is 384. The summed E-state index contributed by atoms with van der Waals surface area (Å²) in [7, 11) is 1.13. The lowest BCUT2D eigenvalue weighted by Gasteiger charge is -2.15. The summed E-state index contributed by atoms with van der Waals surface area (Å²) in [4.78, 5) is 3.43. The molecule has 0 fully saturated rings. The highest BCUT2D eigenvalue weighted by Crippen LogP contribution is 2.38. The molecular formula is C8H7ClF3NO3. The van der Waals surface area contributed by atoms with Crippen LogP contribution >= 0.6 is 11.6 Å². The highest BCUT2D eigenvalue weighted by Gasteiger charge is 2.34. The fraction of sp³-hybridized carbons (Fsp3) is 0.375. The number of ether oxygens (including phenoxy) is 2. The number of aromatic hydroxyl groups is 1. The third-order valence-electron chi connectivity index (χ3n) is 1.63. The van der Waals surface area contributed by atoms with Gasteiger partial charge in [0.25, 0.3) is 5.88 Å². The van der Waals surface area contributed by atoms with E-state index in [1.165, 1.54) is 0 Å². The fourth-order valence-corrected chi connectivity index (χ4v) is 1.26. The van der Waals surface area contributed by atoms with Crippen LogP contribution in [0.15, 0.2) is 6.20 Å². The maximum atomic E-state index is 12.1. The Kier molecular flexibility index (Phi) is 3.69. The van der Waals surface area contributed by atoms with Crippen LogP contribution in [0.4, 0.5) is 13.2 Å². The van der Waals surface area contributed by atoms with E-state index in [2.05, 4.69) is 14.5 Å². The number of nitrogens with zero attached hydrogens (tertiary/aromatic N) is 1. The van der Waals surface area contributed by atoms with Crippen molar-refractivity contribution in [3.05, 3.63) is 11.8 Å². The topological polar surface area (TPSA) is 51.6 Å². The Morgan fingerprint density at radius 1 is 1.50 bits per heavy atom. The third-order valence-corrected chi connectivity index (χ3v) is 1.89. The van der Waals surface area contributed by atoms with Crippen LogP contribution in [0.3, 0.4) is 0 Å². The normalized spacial score (nSPS) is 11.3. The lowest BCUT2D eigenvalue weighted by atomic mass is 10.2. The molecule has 0 aliphatic rings. The molecule has 0 atom stereocenters.